The van der Waals surface area contributed by atoms with Crippen LogP contribution in [0.4, 0.5) is 0 Å². The molecule has 1 amide bonds. The Kier molecular flexibility index (Phi) is 8.05. The molecule has 0 aromatic carbocycles. The lowest BCUT2D eigenvalue weighted by Crippen LogP contribution is -2.28. The molecule has 0 aromatic heterocycles. The van der Waals surface area contributed by atoms with E-state index in [0.717, 1.165) is 13.1 Å². The van der Waals surface area contributed by atoms with Gasteiger partial charge in [0.1, 0.15) is 0 Å². The summed E-state index contributed by atoms with van der Waals surface area (Å²) >= 11 is 0. The highest BCUT2D eigenvalue weighted by Crippen LogP contribution is 1.78. The second-order valence-corrected chi connectivity index (χ2v) is 2.53. The molecule has 0 rings (SSSR count). The lowest BCUT2D eigenvalue weighted by atomic mass is 10.3. The zero-order chi connectivity index (χ0) is 9.23. The van der Waals surface area contributed by atoms with Crippen LogP contribution >= 0.6 is 0 Å². The van der Waals surface area contributed by atoms with Gasteiger partial charge >= 0.3 is 0 Å². The van der Waals surface area contributed by atoms with Crippen LogP contribution in [-0.2, 0) is 4.79 Å². The van der Waals surface area contributed by atoms with Crippen molar-refractivity contribution in [3.05, 3.63) is 0 Å². The van der Waals surface area contributed by atoms with Crippen LogP contribution in [0.5, 0.6) is 0 Å². The summed E-state index contributed by atoms with van der Waals surface area (Å²) in [6.07, 6.45) is 1.15. The first kappa shape index (κ1) is 11.4. The largest absolute Gasteiger partial charge is 0.396 e. The molecule has 72 valence electrons. The van der Waals surface area contributed by atoms with Crippen LogP contribution in [0.1, 0.15) is 19.8 Å². The summed E-state index contributed by atoms with van der Waals surface area (Å²) in [5.74, 6) is 0.0457. The number of carbonyl (C=O) groups is 1. The Bertz CT molecular complexity index is 106. The highest BCUT2D eigenvalue weighted by atomic mass is 16.3. The molecule has 0 fully saturated rings. The van der Waals surface area contributed by atoms with Crippen molar-refractivity contribution >= 4 is 5.91 Å². The molecule has 0 heterocycles. The van der Waals surface area contributed by atoms with Gasteiger partial charge in [0.05, 0.1) is 0 Å². The maximum absolute atomic E-state index is 11.0. The minimum atomic E-state index is 0.0457. The van der Waals surface area contributed by atoms with Crippen molar-refractivity contribution in [2.75, 3.05) is 26.2 Å². The first-order valence-electron chi connectivity index (χ1n) is 4.39. The molecule has 0 bridgehead atoms. The number of hydrogen-bond donors (Lipinski definition) is 3. The number of rotatable bonds is 7. The van der Waals surface area contributed by atoms with E-state index in [2.05, 4.69) is 10.6 Å². The van der Waals surface area contributed by atoms with E-state index in [0.29, 0.717) is 19.4 Å². The Labute approximate surface area is 73.3 Å². The van der Waals surface area contributed by atoms with Gasteiger partial charge < -0.3 is 15.7 Å². The second kappa shape index (κ2) is 8.49. The number of hydrogen-bond acceptors (Lipinski definition) is 3. The van der Waals surface area contributed by atoms with Gasteiger partial charge in [-0.3, -0.25) is 4.79 Å². The van der Waals surface area contributed by atoms with E-state index in [1.165, 1.54) is 0 Å². The molecule has 0 atom stereocenters. The third kappa shape index (κ3) is 7.50. The van der Waals surface area contributed by atoms with Gasteiger partial charge in [0.15, 0.2) is 0 Å². The van der Waals surface area contributed by atoms with Crippen LogP contribution in [0, 0.1) is 0 Å². The first-order chi connectivity index (χ1) is 5.81. The number of amides is 1. The fourth-order valence-corrected chi connectivity index (χ4v) is 0.774. The van der Waals surface area contributed by atoms with Gasteiger partial charge in [0.25, 0.3) is 0 Å². The Balaban J connectivity index is 3.10. The van der Waals surface area contributed by atoms with Gasteiger partial charge in [0, 0.05) is 26.1 Å². The molecule has 4 nitrogen and oxygen atoms in total. The SMILES string of the molecule is CCNCCC(=O)NCCCO. The molecule has 0 unspecified atom stereocenters. The highest BCUT2D eigenvalue weighted by molar-refractivity contribution is 5.75. The maximum atomic E-state index is 11.0. The van der Waals surface area contributed by atoms with E-state index in [4.69, 9.17) is 5.11 Å². The van der Waals surface area contributed by atoms with Crippen molar-refractivity contribution in [3.8, 4) is 0 Å². The van der Waals surface area contributed by atoms with Crippen molar-refractivity contribution in [3.63, 3.8) is 0 Å². The Hall–Kier alpha value is -0.610. The van der Waals surface area contributed by atoms with Crippen LogP contribution < -0.4 is 10.6 Å². The van der Waals surface area contributed by atoms with E-state index in [1.54, 1.807) is 0 Å². The van der Waals surface area contributed by atoms with Crippen molar-refractivity contribution in [2.45, 2.75) is 19.8 Å². The van der Waals surface area contributed by atoms with E-state index in [9.17, 15) is 4.79 Å². The fourth-order valence-electron chi connectivity index (χ4n) is 0.774. The minimum Gasteiger partial charge on any atom is -0.396 e. The van der Waals surface area contributed by atoms with E-state index < -0.39 is 0 Å². The number of nitrogens with one attached hydrogen (secondary N) is 2. The van der Waals surface area contributed by atoms with Gasteiger partial charge in [-0.1, -0.05) is 6.92 Å². The minimum absolute atomic E-state index is 0.0457. The summed E-state index contributed by atoms with van der Waals surface area (Å²) in [4.78, 5) is 11.0. The third-order valence-corrected chi connectivity index (χ3v) is 1.44. The molecule has 0 aromatic rings. The summed E-state index contributed by atoms with van der Waals surface area (Å²) in [5.41, 5.74) is 0. The predicted molar refractivity (Wildman–Crippen MR) is 47.9 cm³/mol. The molecule has 4 heteroatoms. The van der Waals surface area contributed by atoms with E-state index >= 15 is 0 Å². The van der Waals surface area contributed by atoms with Crippen molar-refractivity contribution in [1.29, 1.82) is 0 Å². The molecule has 12 heavy (non-hydrogen) atoms. The smallest absolute Gasteiger partial charge is 0.221 e. The average Bonchev–Trinajstić information content (AvgIpc) is 2.06. The maximum Gasteiger partial charge on any atom is 0.221 e. The van der Waals surface area contributed by atoms with Gasteiger partial charge in [0.2, 0.25) is 5.91 Å². The van der Waals surface area contributed by atoms with Crippen LogP contribution in [0.15, 0.2) is 0 Å². The first-order valence-corrected chi connectivity index (χ1v) is 4.39. The zero-order valence-corrected chi connectivity index (χ0v) is 7.60. The lowest BCUT2D eigenvalue weighted by Gasteiger charge is -2.03. The van der Waals surface area contributed by atoms with Crippen LogP contribution in [-0.4, -0.2) is 37.3 Å². The lowest BCUT2D eigenvalue weighted by molar-refractivity contribution is -0.121. The van der Waals surface area contributed by atoms with Crippen molar-refractivity contribution < 1.29 is 9.90 Å². The summed E-state index contributed by atoms with van der Waals surface area (Å²) in [5, 5.41) is 14.2. The average molecular weight is 174 g/mol. The van der Waals surface area contributed by atoms with Gasteiger partial charge in [-0.15, -0.1) is 0 Å². The molecule has 0 aliphatic rings. The van der Waals surface area contributed by atoms with Crippen molar-refractivity contribution in [1.82, 2.24) is 10.6 Å². The Morgan fingerprint density at radius 3 is 2.75 bits per heavy atom. The number of aliphatic hydroxyl groups excluding tert-OH is 1. The summed E-state index contributed by atoms with van der Waals surface area (Å²) in [7, 11) is 0. The molecule has 0 saturated heterocycles. The molecule has 0 spiro atoms. The topological polar surface area (TPSA) is 61.4 Å². The monoisotopic (exact) mass is 174 g/mol. The molecule has 0 aliphatic carbocycles. The van der Waals surface area contributed by atoms with Crippen LogP contribution in [0.2, 0.25) is 0 Å². The fraction of sp³-hybridized carbons (Fsp3) is 0.875. The van der Waals surface area contributed by atoms with E-state index in [1.807, 2.05) is 6.92 Å². The molecule has 3 N–H and O–H groups in total. The highest BCUT2D eigenvalue weighted by Gasteiger charge is 1.97. The van der Waals surface area contributed by atoms with Gasteiger partial charge in [-0.25, -0.2) is 0 Å². The third-order valence-electron chi connectivity index (χ3n) is 1.44. The number of aliphatic hydroxyl groups is 1. The second-order valence-electron chi connectivity index (χ2n) is 2.53. The van der Waals surface area contributed by atoms with Crippen LogP contribution in [0.25, 0.3) is 0 Å². The summed E-state index contributed by atoms with van der Waals surface area (Å²) in [6.45, 7) is 4.32. The summed E-state index contributed by atoms with van der Waals surface area (Å²) in [6, 6.07) is 0. The van der Waals surface area contributed by atoms with Crippen LogP contribution in [0.3, 0.4) is 0 Å². The Morgan fingerprint density at radius 1 is 1.42 bits per heavy atom. The number of carbonyl (C=O) groups excluding carboxylic acids is 1. The normalized spacial score (nSPS) is 9.83. The summed E-state index contributed by atoms with van der Waals surface area (Å²) < 4.78 is 0. The molecular formula is C8H18N2O2. The molecule has 0 saturated carbocycles. The molecular weight excluding hydrogens is 156 g/mol. The standard InChI is InChI=1S/C8H18N2O2/c1-2-9-6-4-8(12)10-5-3-7-11/h9,11H,2-7H2,1H3,(H,10,12). The molecule has 0 radical (unpaired) electrons. The van der Waals surface area contributed by atoms with Gasteiger partial charge in [-0.05, 0) is 13.0 Å². The quantitative estimate of drug-likeness (QED) is 0.455. The van der Waals surface area contributed by atoms with Crippen molar-refractivity contribution in [2.24, 2.45) is 0 Å². The van der Waals surface area contributed by atoms with Gasteiger partial charge in [-0.2, -0.15) is 0 Å². The predicted octanol–water partition coefficient (Wildman–Crippen LogP) is -0.515. The van der Waals surface area contributed by atoms with E-state index in [-0.39, 0.29) is 12.5 Å². The molecule has 0 aliphatic heterocycles. The zero-order valence-electron chi connectivity index (χ0n) is 7.60. The Morgan fingerprint density at radius 2 is 2.17 bits per heavy atom.